The van der Waals surface area contributed by atoms with Gasteiger partial charge in [0, 0.05) is 0 Å². The molecule has 0 N–H and O–H groups in total. The molecule has 1 atom stereocenters. The van der Waals surface area contributed by atoms with Crippen molar-refractivity contribution in [2.75, 3.05) is 0 Å². The van der Waals surface area contributed by atoms with E-state index >= 15 is 0 Å². The van der Waals surface area contributed by atoms with Crippen LogP contribution in [-0.2, 0) is 9.31 Å². The van der Waals surface area contributed by atoms with Crippen molar-refractivity contribution in [1.29, 1.82) is 0 Å². The lowest BCUT2D eigenvalue weighted by atomic mass is 9.77. The smallest absolute Gasteiger partial charge is 0.400 e. The summed E-state index contributed by atoms with van der Waals surface area (Å²) in [6, 6.07) is 0. The summed E-state index contributed by atoms with van der Waals surface area (Å²) in [4.78, 5) is 0. The molecular formula is C16H27BO2. The molecular weight excluding hydrogens is 235 g/mol. The highest BCUT2D eigenvalue weighted by Crippen LogP contribution is 2.45. The predicted octanol–water partition coefficient (Wildman–Crippen LogP) is 4.14. The molecule has 2 saturated carbocycles. The van der Waals surface area contributed by atoms with Crippen LogP contribution in [0.1, 0.15) is 66.2 Å². The molecule has 3 aliphatic rings. The van der Waals surface area contributed by atoms with E-state index in [2.05, 4.69) is 33.7 Å². The van der Waals surface area contributed by atoms with Crippen molar-refractivity contribution in [1.82, 2.24) is 0 Å². The molecule has 3 fully saturated rings. The van der Waals surface area contributed by atoms with Crippen LogP contribution in [0.2, 0.25) is 0 Å². The lowest BCUT2D eigenvalue weighted by Crippen LogP contribution is -2.41. The van der Waals surface area contributed by atoms with Gasteiger partial charge < -0.3 is 9.31 Å². The van der Waals surface area contributed by atoms with E-state index in [1.54, 1.807) is 5.57 Å². The molecule has 0 aromatic rings. The molecule has 106 valence electrons. The summed E-state index contributed by atoms with van der Waals surface area (Å²) in [6.07, 6.45) is 8.25. The second-order valence-electron chi connectivity index (χ2n) is 7.64. The monoisotopic (exact) mass is 262 g/mol. The topological polar surface area (TPSA) is 18.5 Å². The number of rotatable bonds is 2. The Morgan fingerprint density at radius 1 is 1.00 bits per heavy atom. The molecule has 0 bridgehead atoms. The van der Waals surface area contributed by atoms with E-state index in [0.717, 1.165) is 11.8 Å². The Hall–Kier alpha value is -0.275. The van der Waals surface area contributed by atoms with E-state index in [9.17, 15) is 0 Å². The third-order valence-corrected chi connectivity index (χ3v) is 5.53. The average molecular weight is 262 g/mol. The van der Waals surface area contributed by atoms with Gasteiger partial charge in [-0.25, -0.2) is 0 Å². The molecule has 1 aliphatic heterocycles. The molecule has 2 aliphatic carbocycles. The molecule has 0 radical (unpaired) electrons. The van der Waals surface area contributed by atoms with Crippen molar-refractivity contribution >= 4 is 7.12 Å². The maximum absolute atomic E-state index is 6.08. The summed E-state index contributed by atoms with van der Waals surface area (Å²) in [5.74, 6) is 4.25. The third kappa shape index (κ3) is 2.78. The first kappa shape index (κ1) is 13.7. The van der Waals surface area contributed by atoms with Crippen LogP contribution in [0.3, 0.4) is 0 Å². The third-order valence-electron chi connectivity index (χ3n) is 5.53. The Kier molecular flexibility index (Phi) is 3.34. The lowest BCUT2D eigenvalue weighted by Gasteiger charge is -2.32. The zero-order valence-corrected chi connectivity index (χ0v) is 12.9. The first-order valence-electron chi connectivity index (χ1n) is 7.93. The Morgan fingerprint density at radius 3 is 2.21 bits per heavy atom. The van der Waals surface area contributed by atoms with Gasteiger partial charge in [0.2, 0.25) is 0 Å². The van der Waals surface area contributed by atoms with Gasteiger partial charge in [0.25, 0.3) is 0 Å². The highest BCUT2D eigenvalue weighted by Gasteiger charge is 2.50. The molecule has 1 saturated heterocycles. The van der Waals surface area contributed by atoms with Gasteiger partial charge in [-0.05, 0) is 78.1 Å². The maximum Gasteiger partial charge on any atom is 0.487 e. The molecule has 3 heteroatoms. The van der Waals surface area contributed by atoms with E-state index in [-0.39, 0.29) is 18.3 Å². The fraction of sp³-hybridized carbons (Fsp3) is 0.875. The van der Waals surface area contributed by atoms with Crippen molar-refractivity contribution < 1.29 is 9.31 Å². The van der Waals surface area contributed by atoms with Gasteiger partial charge in [0.05, 0.1) is 11.2 Å². The van der Waals surface area contributed by atoms with Gasteiger partial charge in [-0.3, -0.25) is 0 Å². The Morgan fingerprint density at radius 2 is 1.63 bits per heavy atom. The van der Waals surface area contributed by atoms with Crippen molar-refractivity contribution in [2.24, 2.45) is 11.8 Å². The lowest BCUT2D eigenvalue weighted by molar-refractivity contribution is 0.00578. The van der Waals surface area contributed by atoms with Gasteiger partial charge in [-0.15, -0.1) is 0 Å². The summed E-state index contributed by atoms with van der Waals surface area (Å²) in [6.45, 7) is 8.50. The summed E-state index contributed by atoms with van der Waals surface area (Å²) < 4.78 is 12.2. The van der Waals surface area contributed by atoms with Crippen LogP contribution in [0.15, 0.2) is 11.5 Å². The Labute approximate surface area is 118 Å². The van der Waals surface area contributed by atoms with Crippen molar-refractivity contribution in [3.8, 4) is 0 Å². The summed E-state index contributed by atoms with van der Waals surface area (Å²) in [7, 11) is -0.141. The molecule has 0 spiro atoms. The van der Waals surface area contributed by atoms with Gasteiger partial charge in [-0.2, -0.15) is 0 Å². The van der Waals surface area contributed by atoms with Gasteiger partial charge >= 0.3 is 7.12 Å². The van der Waals surface area contributed by atoms with Gasteiger partial charge in [0.15, 0.2) is 0 Å². The highest BCUT2D eigenvalue weighted by atomic mass is 16.7. The van der Waals surface area contributed by atoms with Crippen LogP contribution >= 0.6 is 0 Å². The second kappa shape index (κ2) is 4.63. The standard InChI is InChI=1S/C16H27BO2/c1-15(2)16(3,4)19-17(18-15)11-12-6-5-7-14(10-12)13-8-9-13/h11,13-14H,5-10H2,1-4H3. The largest absolute Gasteiger partial charge is 0.487 e. The molecule has 3 rings (SSSR count). The number of allylic oxidation sites excluding steroid dienone is 1. The van der Waals surface area contributed by atoms with Crippen LogP contribution < -0.4 is 0 Å². The minimum atomic E-state index is -0.209. The van der Waals surface area contributed by atoms with Crippen molar-refractivity contribution in [3.05, 3.63) is 11.5 Å². The second-order valence-corrected chi connectivity index (χ2v) is 7.64. The van der Waals surface area contributed by atoms with E-state index in [0.29, 0.717) is 0 Å². The van der Waals surface area contributed by atoms with Crippen LogP contribution in [0, 0.1) is 11.8 Å². The summed E-state index contributed by atoms with van der Waals surface area (Å²) in [5, 5.41) is 0. The van der Waals surface area contributed by atoms with Crippen LogP contribution in [0.4, 0.5) is 0 Å². The van der Waals surface area contributed by atoms with Crippen molar-refractivity contribution in [3.63, 3.8) is 0 Å². The SMILES string of the molecule is CC1(C)OB(C=C2CCCC(C3CC3)C2)OC1(C)C. The quantitative estimate of drug-likeness (QED) is 0.696. The van der Waals surface area contributed by atoms with Gasteiger partial charge in [0.1, 0.15) is 0 Å². The predicted molar refractivity (Wildman–Crippen MR) is 78.8 cm³/mol. The van der Waals surface area contributed by atoms with Crippen LogP contribution in [0.5, 0.6) is 0 Å². The minimum absolute atomic E-state index is 0.141. The minimum Gasteiger partial charge on any atom is -0.400 e. The molecule has 0 amide bonds. The van der Waals surface area contributed by atoms with Gasteiger partial charge in [-0.1, -0.05) is 11.5 Å². The summed E-state index contributed by atoms with van der Waals surface area (Å²) >= 11 is 0. The summed E-state index contributed by atoms with van der Waals surface area (Å²) in [5.41, 5.74) is 1.15. The Bertz CT molecular complexity index is 366. The molecule has 19 heavy (non-hydrogen) atoms. The first-order chi connectivity index (χ1) is 8.87. The van der Waals surface area contributed by atoms with E-state index in [1.807, 2.05) is 0 Å². The fourth-order valence-electron chi connectivity index (χ4n) is 3.40. The van der Waals surface area contributed by atoms with E-state index in [1.165, 1.54) is 38.5 Å². The molecule has 1 heterocycles. The number of hydrogen-bond acceptors (Lipinski definition) is 2. The fourth-order valence-corrected chi connectivity index (χ4v) is 3.40. The molecule has 1 unspecified atom stereocenters. The molecule has 0 aromatic carbocycles. The average Bonchev–Trinajstić information content (AvgIpc) is 3.08. The van der Waals surface area contributed by atoms with Crippen LogP contribution in [-0.4, -0.2) is 18.3 Å². The van der Waals surface area contributed by atoms with E-state index in [4.69, 9.17) is 9.31 Å². The maximum atomic E-state index is 6.08. The van der Waals surface area contributed by atoms with Crippen LogP contribution in [0.25, 0.3) is 0 Å². The Balaban J connectivity index is 1.65. The highest BCUT2D eigenvalue weighted by molar-refractivity contribution is 6.51. The first-order valence-corrected chi connectivity index (χ1v) is 7.93. The molecule has 0 aromatic heterocycles. The molecule has 2 nitrogen and oxygen atoms in total. The zero-order valence-electron chi connectivity index (χ0n) is 12.9. The van der Waals surface area contributed by atoms with Crippen molar-refractivity contribution in [2.45, 2.75) is 77.4 Å². The normalized spacial score (nSPS) is 35.9. The number of hydrogen-bond donors (Lipinski definition) is 0. The zero-order chi connectivity index (χ0) is 13.7. The van der Waals surface area contributed by atoms with E-state index < -0.39 is 0 Å².